The van der Waals surface area contributed by atoms with Crippen LogP contribution in [0.25, 0.3) is 10.9 Å². The topological polar surface area (TPSA) is 34.0 Å². The zero-order valence-corrected chi connectivity index (χ0v) is 14.2. The molecule has 0 radical (unpaired) electrons. The predicted molar refractivity (Wildman–Crippen MR) is 96.7 cm³/mol. The van der Waals surface area contributed by atoms with E-state index in [2.05, 4.69) is 62.9 Å². The van der Waals surface area contributed by atoms with Crippen LogP contribution >= 0.6 is 0 Å². The molecule has 3 heterocycles. The Bertz CT molecular complexity index is 818. The van der Waals surface area contributed by atoms with E-state index >= 15 is 0 Å². The van der Waals surface area contributed by atoms with Crippen molar-refractivity contribution >= 4 is 10.9 Å². The molecule has 4 rings (SSSR count). The highest BCUT2D eigenvalue weighted by atomic mass is 15.1. The maximum absolute atomic E-state index is 4.48. The number of likely N-dealkylation sites (tertiary alicyclic amines) is 1. The van der Waals surface area contributed by atoms with Crippen molar-refractivity contribution in [3.05, 3.63) is 60.3 Å². The second-order valence-electron chi connectivity index (χ2n) is 6.86. The van der Waals surface area contributed by atoms with E-state index in [0.717, 1.165) is 31.0 Å². The highest BCUT2D eigenvalue weighted by Crippen LogP contribution is 2.23. The number of para-hydroxylation sites is 1. The van der Waals surface area contributed by atoms with Gasteiger partial charge in [0.15, 0.2) is 0 Å². The van der Waals surface area contributed by atoms with E-state index in [4.69, 9.17) is 0 Å². The Balaban J connectivity index is 1.47. The molecule has 1 aliphatic rings. The van der Waals surface area contributed by atoms with Gasteiger partial charge in [0.05, 0.1) is 5.52 Å². The maximum atomic E-state index is 4.48. The molecule has 4 heteroatoms. The predicted octanol–water partition coefficient (Wildman–Crippen LogP) is 3.65. The minimum Gasteiger partial charge on any atom is -0.335 e. The molecule has 24 heavy (non-hydrogen) atoms. The average molecular weight is 320 g/mol. The number of nitrogens with zero attached hydrogens (tertiary/aromatic N) is 4. The molecule has 0 aliphatic carbocycles. The molecule has 4 nitrogen and oxygen atoms in total. The molecule has 2 aromatic heterocycles. The highest BCUT2D eigenvalue weighted by molar-refractivity contribution is 5.81. The van der Waals surface area contributed by atoms with Gasteiger partial charge < -0.3 is 4.57 Å². The lowest BCUT2D eigenvalue weighted by Crippen LogP contribution is -2.36. The number of benzene rings is 1. The summed E-state index contributed by atoms with van der Waals surface area (Å²) in [6.07, 6.45) is 8.53. The van der Waals surface area contributed by atoms with Gasteiger partial charge in [-0.05, 0) is 49.9 Å². The molecule has 0 saturated carbocycles. The Kier molecular flexibility index (Phi) is 4.30. The summed E-state index contributed by atoms with van der Waals surface area (Å²) in [5.41, 5.74) is 2.48. The van der Waals surface area contributed by atoms with Crippen LogP contribution in [0.15, 0.2) is 48.9 Å². The monoisotopic (exact) mass is 320 g/mol. The SMILES string of the molecule is Cc1nccn1CC1CCCN(Cc2ccnc3ccccc23)C1. The number of hydrogen-bond acceptors (Lipinski definition) is 3. The molecule has 1 fully saturated rings. The zero-order chi connectivity index (χ0) is 16.4. The fourth-order valence-corrected chi connectivity index (χ4v) is 3.85. The fourth-order valence-electron chi connectivity index (χ4n) is 3.85. The number of hydrogen-bond donors (Lipinski definition) is 0. The van der Waals surface area contributed by atoms with Gasteiger partial charge in [0.1, 0.15) is 5.82 Å². The van der Waals surface area contributed by atoms with Gasteiger partial charge in [-0.15, -0.1) is 0 Å². The van der Waals surface area contributed by atoms with Crippen molar-refractivity contribution < 1.29 is 0 Å². The second-order valence-corrected chi connectivity index (χ2v) is 6.86. The summed E-state index contributed by atoms with van der Waals surface area (Å²) in [5, 5.41) is 1.28. The number of piperidine rings is 1. The van der Waals surface area contributed by atoms with Gasteiger partial charge in [0, 0.05) is 43.6 Å². The zero-order valence-electron chi connectivity index (χ0n) is 14.2. The van der Waals surface area contributed by atoms with Crippen LogP contribution in [0.1, 0.15) is 24.2 Å². The molecular formula is C20H24N4. The molecule has 3 aromatic rings. The first-order valence-corrected chi connectivity index (χ1v) is 8.82. The van der Waals surface area contributed by atoms with Crippen LogP contribution in [-0.2, 0) is 13.1 Å². The van der Waals surface area contributed by atoms with Crippen molar-refractivity contribution in [2.24, 2.45) is 5.92 Å². The van der Waals surface area contributed by atoms with Crippen LogP contribution in [0.3, 0.4) is 0 Å². The van der Waals surface area contributed by atoms with E-state index in [0.29, 0.717) is 5.92 Å². The molecule has 124 valence electrons. The third-order valence-corrected chi connectivity index (χ3v) is 5.11. The van der Waals surface area contributed by atoms with Crippen molar-refractivity contribution in [1.82, 2.24) is 19.4 Å². The standard InChI is InChI=1S/C20H24N4/c1-16-21-10-12-24(16)14-17-5-4-11-23(13-17)15-18-8-9-22-20-7-3-2-6-19(18)20/h2-3,6-10,12,17H,4-5,11,13-15H2,1H3. The van der Waals surface area contributed by atoms with E-state index in [1.165, 1.54) is 30.3 Å². The molecular weight excluding hydrogens is 296 g/mol. The smallest absolute Gasteiger partial charge is 0.105 e. The number of rotatable bonds is 4. The molecule has 0 spiro atoms. The summed E-state index contributed by atoms with van der Waals surface area (Å²) in [6.45, 7) is 6.54. The number of fused-ring (bicyclic) bond motifs is 1. The van der Waals surface area contributed by atoms with Gasteiger partial charge in [-0.2, -0.15) is 0 Å². The summed E-state index contributed by atoms with van der Waals surface area (Å²) >= 11 is 0. The van der Waals surface area contributed by atoms with Crippen LogP contribution in [0.4, 0.5) is 0 Å². The van der Waals surface area contributed by atoms with Crippen molar-refractivity contribution in [3.8, 4) is 0 Å². The molecule has 0 amide bonds. The molecule has 0 bridgehead atoms. The van der Waals surface area contributed by atoms with Gasteiger partial charge >= 0.3 is 0 Å². The van der Waals surface area contributed by atoms with Gasteiger partial charge in [0.25, 0.3) is 0 Å². The maximum Gasteiger partial charge on any atom is 0.105 e. The normalized spacial score (nSPS) is 19.0. The summed E-state index contributed by atoms with van der Waals surface area (Å²) in [4.78, 5) is 11.4. The average Bonchev–Trinajstić information content (AvgIpc) is 3.00. The van der Waals surface area contributed by atoms with E-state index in [9.17, 15) is 0 Å². The first-order chi connectivity index (χ1) is 11.8. The fraction of sp³-hybridized carbons (Fsp3) is 0.400. The molecule has 1 atom stereocenters. The van der Waals surface area contributed by atoms with Crippen LogP contribution < -0.4 is 0 Å². The van der Waals surface area contributed by atoms with E-state index in [1.54, 1.807) is 0 Å². The first-order valence-electron chi connectivity index (χ1n) is 8.82. The Labute approximate surface area is 143 Å². The van der Waals surface area contributed by atoms with Gasteiger partial charge in [0.2, 0.25) is 0 Å². The first kappa shape index (κ1) is 15.3. The lowest BCUT2D eigenvalue weighted by atomic mass is 9.97. The highest BCUT2D eigenvalue weighted by Gasteiger charge is 2.21. The summed E-state index contributed by atoms with van der Waals surface area (Å²) in [5.74, 6) is 1.83. The Hall–Kier alpha value is -2.20. The largest absolute Gasteiger partial charge is 0.335 e. The minimum absolute atomic E-state index is 0.708. The van der Waals surface area contributed by atoms with Crippen molar-refractivity contribution in [3.63, 3.8) is 0 Å². The number of pyridine rings is 1. The lowest BCUT2D eigenvalue weighted by molar-refractivity contribution is 0.156. The van der Waals surface area contributed by atoms with Crippen LogP contribution in [-0.4, -0.2) is 32.5 Å². The number of imidazole rings is 1. The van der Waals surface area contributed by atoms with Crippen LogP contribution in [0.5, 0.6) is 0 Å². The van der Waals surface area contributed by atoms with E-state index in [1.807, 2.05) is 12.4 Å². The molecule has 1 saturated heterocycles. The molecule has 0 N–H and O–H groups in total. The summed E-state index contributed by atoms with van der Waals surface area (Å²) in [7, 11) is 0. The quantitative estimate of drug-likeness (QED) is 0.736. The second kappa shape index (κ2) is 6.73. The van der Waals surface area contributed by atoms with E-state index < -0.39 is 0 Å². The summed E-state index contributed by atoms with van der Waals surface area (Å²) in [6, 6.07) is 10.6. The Morgan fingerprint density at radius 3 is 2.92 bits per heavy atom. The van der Waals surface area contributed by atoms with Crippen LogP contribution in [0, 0.1) is 12.8 Å². The summed E-state index contributed by atoms with van der Waals surface area (Å²) < 4.78 is 2.29. The number of aromatic nitrogens is 3. The van der Waals surface area contributed by atoms with E-state index in [-0.39, 0.29) is 0 Å². The third-order valence-electron chi connectivity index (χ3n) is 5.11. The third kappa shape index (κ3) is 3.20. The number of aryl methyl sites for hydroxylation is 1. The minimum atomic E-state index is 0.708. The molecule has 1 aliphatic heterocycles. The van der Waals surface area contributed by atoms with Gasteiger partial charge in [-0.25, -0.2) is 4.98 Å². The van der Waals surface area contributed by atoms with Crippen molar-refractivity contribution in [2.75, 3.05) is 13.1 Å². The van der Waals surface area contributed by atoms with Gasteiger partial charge in [-0.1, -0.05) is 18.2 Å². The molecule has 1 unspecified atom stereocenters. The molecule has 1 aromatic carbocycles. The van der Waals surface area contributed by atoms with Crippen molar-refractivity contribution in [1.29, 1.82) is 0 Å². The van der Waals surface area contributed by atoms with Crippen molar-refractivity contribution in [2.45, 2.75) is 32.9 Å². The van der Waals surface area contributed by atoms with Gasteiger partial charge in [-0.3, -0.25) is 9.88 Å². The Morgan fingerprint density at radius 1 is 1.12 bits per heavy atom. The lowest BCUT2D eigenvalue weighted by Gasteiger charge is -2.33. The van der Waals surface area contributed by atoms with Crippen LogP contribution in [0.2, 0.25) is 0 Å². The Morgan fingerprint density at radius 2 is 2.04 bits per heavy atom.